The van der Waals surface area contributed by atoms with Gasteiger partial charge in [-0.05, 0) is 42.5 Å². The monoisotopic (exact) mass is 469 g/mol. The molecule has 7 heteroatoms. The minimum absolute atomic E-state index is 0. The van der Waals surface area contributed by atoms with Crippen molar-refractivity contribution in [2.24, 2.45) is 18.0 Å². The Hall–Kier alpha value is -1.77. The highest BCUT2D eigenvalue weighted by Gasteiger charge is 2.22. The van der Waals surface area contributed by atoms with Crippen LogP contribution in [0.25, 0.3) is 0 Å². The molecular weight excluding hydrogens is 441 g/mol. The van der Waals surface area contributed by atoms with Gasteiger partial charge in [0.2, 0.25) is 5.88 Å². The average molecular weight is 469 g/mol. The maximum atomic E-state index is 5.75. The van der Waals surface area contributed by atoms with Crippen LogP contribution in [0.2, 0.25) is 0 Å². The summed E-state index contributed by atoms with van der Waals surface area (Å²) in [5.74, 6) is 2.30. The smallest absolute Gasteiger partial charge is 0.213 e. The van der Waals surface area contributed by atoms with Crippen molar-refractivity contribution in [3.05, 3.63) is 47.9 Å². The molecular formula is C19H28IN5O. The Labute approximate surface area is 172 Å². The summed E-state index contributed by atoms with van der Waals surface area (Å²) in [5, 5.41) is 3.41. The SMILES string of the molecule is CN=C(NCc1ccnc(OCC2CC2)c1)N(C)Cc1cccn1C.I. The van der Waals surface area contributed by atoms with Gasteiger partial charge < -0.3 is 19.5 Å². The summed E-state index contributed by atoms with van der Waals surface area (Å²) in [6, 6.07) is 8.18. The summed E-state index contributed by atoms with van der Waals surface area (Å²) in [6.45, 7) is 2.27. The van der Waals surface area contributed by atoms with E-state index in [2.05, 4.69) is 50.1 Å². The highest BCUT2D eigenvalue weighted by atomic mass is 127. The average Bonchev–Trinajstić information content (AvgIpc) is 3.37. The highest BCUT2D eigenvalue weighted by Crippen LogP contribution is 2.29. The number of aliphatic imine (C=N–C) groups is 1. The molecule has 1 aliphatic rings. The Morgan fingerprint density at radius 1 is 1.42 bits per heavy atom. The maximum absolute atomic E-state index is 5.75. The second kappa shape index (κ2) is 9.80. The van der Waals surface area contributed by atoms with Crippen LogP contribution in [-0.4, -0.2) is 41.1 Å². The van der Waals surface area contributed by atoms with E-state index in [1.807, 2.05) is 19.2 Å². The number of ether oxygens (including phenoxy) is 1. The summed E-state index contributed by atoms with van der Waals surface area (Å²) < 4.78 is 7.87. The minimum atomic E-state index is 0. The maximum Gasteiger partial charge on any atom is 0.213 e. The van der Waals surface area contributed by atoms with E-state index >= 15 is 0 Å². The fourth-order valence-electron chi connectivity index (χ4n) is 2.67. The number of nitrogens with zero attached hydrogens (tertiary/aromatic N) is 4. The van der Waals surface area contributed by atoms with Crippen LogP contribution in [0.3, 0.4) is 0 Å². The van der Waals surface area contributed by atoms with Gasteiger partial charge in [0.05, 0.1) is 13.2 Å². The molecule has 0 saturated heterocycles. The lowest BCUT2D eigenvalue weighted by Crippen LogP contribution is -2.38. The Bertz CT molecular complexity index is 726. The van der Waals surface area contributed by atoms with Crippen LogP contribution < -0.4 is 10.1 Å². The third kappa shape index (κ3) is 5.89. The quantitative estimate of drug-likeness (QED) is 0.385. The normalized spacial score (nSPS) is 13.9. The summed E-state index contributed by atoms with van der Waals surface area (Å²) in [5.41, 5.74) is 2.37. The lowest BCUT2D eigenvalue weighted by molar-refractivity contribution is 0.288. The van der Waals surface area contributed by atoms with Crippen molar-refractivity contribution >= 4 is 29.9 Å². The van der Waals surface area contributed by atoms with Gasteiger partial charge in [-0.1, -0.05) is 0 Å². The number of halogens is 1. The third-order valence-corrected chi connectivity index (χ3v) is 4.44. The molecule has 0 aromatic carbocycles. The molecule has 2 aromatic heterocycles. The van der Waals surface area contributed by atoms with Crippen LogP contribution >= 0.6 is 24.0 Å². The number of guanidine groups is 1. The van der Waals surface area contributed by atoms with Gasteiger partial charge >= 0.3 is 0 Å². The van der Waals surface area contributed by atoms with Gasteiger partial charge in [0, 0.05) is 51.8 Å². The van der Waals surface area contributed by atoms with Crippen molar-refractivity contribution in [1.82, 2.24) is 19.8 Å². The third-order valence-electron chi connectivity index (χ3n) is 4.44. The molecule has 2 heterocycles. The lowest BCUT2D eigenvalue weighted by atomic mass is 10.2. The Morgan fingerprint density at radius 3 is 2.88 bits per heavy atom. The molecule has 0 radical (unpaired) electrons. The molecule has 0 atom stereocenters. The standard InChI is InChI=1S/C19H27N5O.HI/c1-20-19(24(3)13-17-5-4-10-23(17)2)22-12-16-8-9-21-18(11-16)25-14-15-6-7-15;/h4-5,8-11,15H,6-7,12-14H2,1-3H3,(H,20,22);1H. The zero-order chi connectivity index (χ0) is 17.6. The summed E-state index contributed by atoms with van der Waals surface area (Å²) in [6.07, 6.45) is 6.42. The summed E-state index contributed by atoms with van der Waals surface area (Å²) in [4.78, 5) is 10.8. The number of hydrogen-bond donors (Lipinski definition) is 1. The number of rotatable bonds is 7. The van der Waals surface area contributed by atoms with Gasteiger partial charge in [0.15, 0.2) is 5.96 Å². The molecule has 26 heavy (non-hydrogen) atoms. The largest absolute Gasteiger partial charge is 0.477 e. The first kappa shape index (κ1) is 20.5. The van der Waals surface area contributed by atoms with E-state index in [1.165, 1.54) is 18.5 Å². The van der Waals surface area contributed by atoms with E-state index in [0.717, 1.165) is 30.6 Å². The van der Waals surface area contributed by atoms with E-state index in [0.29, 0.717) is 12.4 Å². The van der Waals surface area contributed by atoms with Crippen molar-refractivity contribution < 1.29 is 4.74 Å². The zero-order valence-corrected chi connectivity index (χ0v) is 18.0. The second-order valence-electron chi connectivity index (χ2n) is 6.62. The van der Waals surface area contributed by atoms with Crippen molar-refractivity contribution in [3.63, 3.8) is 0 Å². The number of aryl methyl sites for hydroxylation is 1. The molecule has 0 spiro atoms. The van der Waals surface area contributed by atoms with Crippen LogP contribution in [0.5, 0.6) is 5.88 Å². The van der Waals surface area contributed by atoms with Crippen LogP contribution in [0.1, 0.15) is 24.1 Å². The second-order valence-corrected chi connectivity index (χ2v) is 6.62. The van der Waals surface area contributed by atoms with Crippen molar-refractivity contribution in [2.75, 3.05) is 20.7 Å². The Morgan fingerprint density at radius 2 is 2.23 bits per heavy atom. The van der Waals surface area contributed by atoms with Gasteiger partial charge in [-0.15, -0.1) is 24.0 Å². The predicted molar refractivity (Wildman–Crippen MR) is 115 cm³/mol. The molecule has 3 rings (SSSR count). The minimum Gasteiger partial charge on any atom is -0.477 e. The first-order chi connectivity index (χ1) is 12.2. The summed E-state index contributed by atoms with van der Waals surface area (Å²) >= 11 is 0. The van der Waals surface area contributed by atoms with Crippen LogP contribution in [-0.2, 0) is 20.1 Å². The van der Waals surface area contributed by atoms with Gasteiger partial charge in [0.25, 0.3) is 0 Å². The van der Waals surface area contributed by atoms with E-state index in [-0.39, 0.29) is 24.0 Å². The molecule has 6 nitrogen and oxygen atoms in total. The van der Waals surface area contributed by atoms with Gasteiger partial charge in [-0.25, -0.2) is 4.98 Å². The molecule has 1 N–H and O–H groups in total. The number of aromatic nitrogens is 2. The highest BCUT2D eigenvalue weighted by molar-refractivity contribution is 14.0. The van der Waals surface area contributed by atoms with Crippen molar-refractivity contribution in [3.8, 4) is 5.88 Å². The fraction of sp³-hybridized carbons (Fsp3) is 0.474. The topological polar surface area (TPSA) is 54.7 Å². The number of nitrogens with one attached hydrogen (secondary N) is 1. The van der Waals surface area contributed by atoms with Crippen LogP contribution in [0.4, 0.5) is 0 Å². The molecule has 1 fully saturated rings. The van der Waals surface area contributed by atoms with E-state index in [4.69, 9.17) is 4.74 Å². The van der Waals surface area contributed by atoms with E-state index < -0.39 is 0 Å². The Kier molecular flexibility index (Phi) is 7.74. The number of hydrogen-bond acceptors (Lipinski definition) is 3. The lowest BCUT2D eigenvalue weighted by Gasteiger charge is -2.22. The first-order valence-electron chi connectivity index (χ1n) is 8.75. The van der Waals surface area contributed by atoms with Crippen LogP contribution in [0.15, 0.2) is 41.7 Å². The van der Waals surface area contributed by atoms with Gasteiger partial charge in [-0.3, -0.25) is 4.99 Å². The molecule has 1 aliphatic carbocycles. The Balaban J connectivity index is 0.00000243. The molecule has 0 aliphatic heterocycles. The van der Waals surface area contributed by atoms with E-state index in [1.54, 1.807) is 13.2 Å². The predicted octanol–water partition coefficient (Wildman–Crippen LogP) is 3.03. The molecule has 1 saturated carbocycles. The molecule has 142 valence electrons. The zero-order valence-electron chi connectivity index (χ0n) is 15.7. The molecule has 0 bridgehead atoms. The molecule has 2 aromatic rings. The van der Waals surface area contributed by atoms with Gasteiger partial charge in [-0.2, -0.15) is 0 Å². The van der Waals surface area contributed by atoms with Crippen LogP contribution in [0, 0.1) is 5.92 Å². The number of pyridine rings is 1. The first-order valence-corrected chi connectivity index (χ1v) is 8.75. The molecule has 0 unspecified atom stereocenters. The van der Waals surface area contributed by atoms with Crippen molar-refractivity contribution in [1.29, 1.82) is 0 Å². The summed E-state index contributed by atoms with van der Waals surface area (Å²) in [7, 11) is 5.90. The van der Waals surface area contributed by atoms with E-state index in [9.17, 15) is 0 Å². The molecule has 0 amide bonds. The van der Waals surface area contributed by atoms with Crippen molar-refractivity contribution in [2.45, 2.75) is 25.9 Å². The van der Waals surface area contributed by atoms with Gasteiger partial charge in [0.1, 0.15) is 0 Å². The fourth-order valence-corrected chi connectivity index (χ4v) is 2.67.